The van der Waals surface area contributed by atoms with Crippen LogP contribution in [0.4, 0.5) is 24.0 Å². The van der Waals surface area contributed by atoms with Gasteiger partial charge in [0.05, 0.1) is 23.0 Å². The number of nitrogens with zero attached hydrogens (tertiary/aromatic N) is 3. The highest BCUT2D eigenvalue weighted by Gasteiger charge is 2.38. The number of carbonyl (C=O) groups is 1. The number of hydrogen-bond acceptors (Lipinski definition) is 6. The van der Waals surface area contributed by atoms with Crippen LogP contribution in [0.1, 0.15) is 5.82 Å². The van der Waals surface area contributed by atoms with Crippen LogP contribution in [-0.4, -0.2) is 35.1 Å². The number of anilines is 2. The molecule has 0 aliphatic carbocycles. The van der Waals surface area contributed by atoms with E-state index in [0.29, 0.717) is 16.9 Å². The van der Waals surface area contributed by atoms with Gasteiger partial charge in [-0.05, 0) is 24.3 Å². The molecule has 4 aromatic rings. The molecule has 0 radical (unpaired) electrons. The molecule has 0 unspecified atom stereocenters. The zero-order valence-electron chi connectivity index (χ0n) is 16.9. The molecule has 0 atom stereocenters. The Bertz CT molecular complexity index is 1430. The SMILES string of the molecule is CS(=O)(=O)Nc1ccc(-c2csc(NC(=O)Cn3c(C(F)(F)F)nc4ccccc43)n2)cc1. The number of hydrogen-bond donors (Lipinski definition) is 2. The van der Waals surface area contributed by atoms with Gasteiger partial charge in [-0.3, -0.25) is 9.52 Å². The van der Waals surface area contributed by atoms with Gasteiger partial charge in [0, 0.05) is 16.6 Å². The first-order valence-corrected chi connectivity index (χ1v) is 12.1. The van der Waals surface area contributed by atoms with Crippen molar-refractivity contribution in [2.24, 2.45) is 0 Å². The molecule has 33 heavy (non-hydrogen) atoms. The van der Waals surface area contributed by atoms with Crippen LogP contribution in [0.3, 0.4) is 0 Å². The van der Waals surface area contributed by atoms with Gasteiger partial charge in [-0.15, -0.1) is 11.3 Å². The molecule has 2 heterocycles. The monoisotopic (exact) mass is 495 g/mol. The van der Waals surface area contributed by atoms with Crippen LogP contribution in [0.25, 0.3) is 22.3 Å². The summed E-state index contributed by atoms with van der Waals surface area (Å²) in [6.45, 7) is -0.587. The molecular weight excluding hydrogens is 479 g/mol. The maximum atomic E-state index is 13.4. The molecule has 172 valence electrons. The smallest absolute Gasteiger partial charge is 0.311 e. The van der Waals surface area contributed by atoms with Crippen LogP contribution in [0.2, 0.25) is 0 Å². The molecule has 2 aromatic carbocycles. The molecule has 2 aromatic heterocycles. The predicted octanol–water partition coefficient (Wildman–Crippen LogP) is 4.19. The fourth-order valence-corrected chi connectivity index (χ4v) is 4.44. The second-order valence-corrected chi connectivity index (χ2v) is 9.65. The third kappa shape index (κ3) is 5.31. The Morgan fingerprint density at radius 2 is 1.79 bits per heavy atom. The van der Waals surface area contributed by atoms with Gasteiger partial charge < -0.3 is 9.88 Å². The summed E-state index contributed by atoms with van der Waals surface area (Å²) in [4.78, 5) is 20.4. The van der Waals surface area contributed by atoms with Crippen LogP contribution in [0.5, 0.6) is 0 Å². The molecule has 8 nitrogen and oxygen atoms in total. The number of benzene rings is 2. The fourth-order valence-electron chi connectivity index (χ4n) is 3.14. The van der Waals surface area contributed by atoms with E-state index in [-0.39, 0.29) is 16.2 Å². The lowest BCUT2D eigenvalue weighted by Crippen LogP contribution is -2.23. The number of nitrogens with one attached hydrogen (secondary N) is 2. The molecule has 0 aliphatic rings. The first-order valence-electron chi connectivity index (χ1n) is 9.36. The molecule has 4 rings (SSSR count). The summed E-state index contributed by atoms with van der Waals surface area (Å²) in [7, 11) is -3.40. The number of sulfonamides is 1. The number of imidazole rings is 1. The third-order valence-corrected chi connectivity index (χ3v) is 5.81. The fraction of sp³-hybridized carbons (Fsp3) is 0.150. The average molecular weight is 496 g/mol. The van der Waals surface area contributed by atoms with Crippen LogP contribution in [0.15, 0.2) is 53.9 Å². The predicted molar refractivity (Wildman–Crippen MR) is 119 cm³/mol. The van der Waals surface area contributed by atoms with Crippen LogP contribution in [0, 0.1) is 0 Å². The van der Waals surface area contributed by atoms with Gasteiger partial charge in [-0.1, -0.05) is 24.3 Å². The van der Waals surface area contributed by atoms with Gasteiger partial charge in [0.25, 0.3) is 0 Å². The van der Waals surface area contributed by atoms with E-state index in [1.54, 1.807) is 41.8 Å². The van der Waals surface area contributed by atoms with Crippen molar-refractivity contribution in [3.8, 4) is 11.3 Å². The van der Waals surface area contributed by atoms with E-state index >= 15 is 0 Å². The molecule has 1 amide bonds. The summed E-state index contributed by atoms with van der Waals surface area (Å²) < 4.78 is 66.0. The molecule has 0 spiro atoms. The highest BCUT2D eigenvalue weighted by molar-refractivity contribution is 7.92. The summed E-state index contributed by atoms with van der Waals surface area (Å²) in [6.07, 6.45) is -3.67. The number of aromatic nitrogens is 3. The average Bonchev–Trinajstić information content (AvgIpc) is 3.32. The Hall–Kier alpha value is -3.45. The minimum atomic E-state index is -4.72. The summed E-state index contributed by atoms with van der Waals surface area (Å²) in [5.74, 6) is -1.83. The van der Waals surface area contributed by atoms with E-state index in [1.165, 1.54) is 12.1 Å². The van der Waals surface area contributed by atoms with Crippen molar-refractivity contribution in [1.82, 2.24) is 14.5 Å². The van der Waals surface area contributed by atoms with E-state index in [2.05, 4.69) is 20.0 Å². The zero-order chi connectivity index (χ0) is 23.8. The number of rotatable bonds is 6. The van der Waals surface area contributed by atoms with E-state index in [1.807, 2.05) is 0 Å². The Kier molecular flexibility index (Phi) is 5.84. The number of amides is 1. The lowest BCUT2D eigenvalue weighted by Gasteiger charge is -2.10. The van der Waals surface area contributed by atoms with E-state index < -0.39 is 34.5 Å². The van der Waals surface area contributed by atoms with Crippen molar-refractivity contribution in [3.05, 3.63) is 59.7 Å². The molecule has 0 fully saturated rings. The number of halogens is 3. The number of para-hydroxylation sites is 2. The minimum absolute atomic E-state index is 0.142. The molecular formula is C20H16F3N5O3S2. The lowest BCUT2D eigenvalue weighted by molar-refractivity contribution is -0.147. The second-order valence-electron chi connectivity index (χ2n) is 7.05. The van der Waals surface area contributed by atoms with Crippen molar-refractivity contribution in [2.75, 3.05) is 16.3 Å². The van der Waals surface area contributed by atoms with Crippen molar-refractivity contribution < 1.29 is 26.4 Å². The topological polar surface area (TPSA) is 106 Å². The Balaban J connectivity index is 1.50. The lowest BCUT2D eigenvalue weighted by atomic mass is 10.1. The van der Waals surface area contributed by atoms with E-state index in [0.717, 1.165) is 22.2 Å². The van der Waals surface area contributed by atoms with Crippen LogP contribution in [-0.2, 0) is 27.5 Å². The Morgan fingerprint density at radius 1 is 1.09 bits per heavy atom. The Labute approximate surface area is 190 Å². The van der Waals surface area contributed by atoms with Crippen molar-refractivity contribution in [2.45, 2.75) is 12.7 Å². The summed E-state index contributed by atoms with van der Waals surface area (Å²) in [6, 6.07) is 12.5. The first kappa shape index (κ1) is 22.7. The van der Waals surface area contributed by atoms with E-state index in [4.69, 9.17) is 0 Å². The van der Waals surface area contributed by atoms with Gasteiger partial charge in [-0.2, -0.15) is 13.2 Å². The van der Waals surface area contributed by atoms with Gasteiger partial charge in [0.15, 0.2) is 5.13 Å². The number of fused-ring (bicyclic) bond motifs is 1. The maximum absolute atomic E-state index is 13.4. The molecule has 0 aliphatic heterocycles. The number of thiazole rings is 1. The highest BCUT2D eigenvalue weighted by atomic mass is 32.2. The third-order valence-electron chi connectivity index (χ3n) is 4.44. The molecule has 13 heteroatoms. The van der Waals surface area contributed by atoms with Gasteiger partial charge in [0.1, 0.15) is 6.54 Å². The van der Waals surface area contributed by atoms with Crippen LogP contribution >= 0.6 is 11.3 Å². The summed E-state index contributed by atoms with van der Waals surface area (Å²) in [5, 5.41) is 4.40. The largest absolute Gasteiger partial charge is 0.449 e. The summed E-state index contributed by atoms with van der Waals surface area (Å²) >= 11 is 1.11. The second kappa shape index (κ2) is 8.48. The number of carbonyl (C=O) groups excluding carboxylic acids is 1. The van der Waals surface area contributed by atoms with Crippen molar-refractivity contribution >= 4 is 49.1 Å². The highest BCUT2D eigenvalue weighted by Crippen LogP contribution is 2.32. The number of alkyl halides is 3. The first-order chi connectivity index (χ1) is 15.5. The van der Waals surface area contributed by atoms with Crippen LogP contribution < -0.4 is 10.0 Å². The van der Waals surface area contributed by atoms with Gasteiger partial charge in [-0.25, -0.2) is 18.4 Å². The standard InChI is InChI=1S/C20H16F3N5O3S2/c1-33(30,31)27-13-8-6-12(7-9-13)15-11-32-19(25-15)26-17(29)10-28-16-5-3-2-4-14(16)24-18(28)20(21,22)23/h2-9,11,27H,10H2,1H3,(H,25,26,29). The molecule has 0 bridgehead atoms. The van der Waals surface area contributed by atoms with E-state index in [9.17, 15) is 26.4 Å². The maximum Gasteiger partial charge on any atom is 0.449 e. The molecule has 2 N–H and O–H groups in total. The molecule has 0 saturated carbocycles. The molecule has 0 saturated heterocycles. The quantitative estimate of drug-likeness (QED) is 0.417. The zero-order valence-corrected chi connectivity index (χ0v) is 18.6. The van der Waals surface area contributed by atoms with Gasteiger partial charge >= 0.3 is 6.18 Å². The minimum Gasteiger partial charge on any atom is -0.311 e. The summed E-state index contributed by atoms with van der Waals surface area (Å²) in [5.41, 5.74) is 1.92. The Morgan fingerprint density at radius 3 is 2.45 bits per heavy atom. The van der Waals surface area contributed by atoms with Crippen molar-refractivity contribution in [3.63, 3.8) is 0 Å². The van der Waals surface area contributed by atoms with Gasteiger partial charge in [0.2, 0.25) is 21.8 Å². The van der Waals surface area contributed by atoms with Crippen molar-refractivity contribution in [1.29, 1.82) is 0 Å². The normalized spacial score (nSPS) is 12.1.